The van der Waals surface area contributed by atoms with Crippen LogP contribution in [0.15, 0.2) is 29.1 Å². The van der Waals surface area contributed by atoms with E-state index in [9.17, 15) is 0 Å². The van der Waals surface area contributed by atoms with Gasteiger partial charge in [0.05, 0.1) is 17.7 Å². The third-order valence-electron chi connectivity index (χ3n) is 2.13. The maximum Gasteiger partial charge on any atom is 0.130 e. The molecule has 0 fully saturated rings. The highest BCUT2D eigenvalue weighted by Gasteiger charge is 2.00. The molecule has 2 aromatic rings. The van der Waals surface area contributed by atoms with Crippen molar-refractivity contribution < 1.29 is 0 Å². The highest BCUT2D eigenvalue weighted by atomic mass is 32.1. The molecule has 84 valence electrons. The van der Waals surface area contributed by atoms with E-state index in [1.807, 2.05) is 48.1 Å². The van der Waals surface area contributed by atoms with Gasteiger partial charge in [0.1, 0.15) is 11.6 Å². The fraction of sp³-hybridized carbons (Fsp3) is 0.273. The zero-order valence-corrected chi connectivity index (χ0v) is 10.2. The molecule has 0 radical (unpaired) electrons. The van der Waals surface area contributed by atoms with Crippen LogP contribution in [0.4, 0.5) is 11.6 Å². The Balaban J connectivity index is 2.01. The third-order valence-corrected chi connectivity index (χ3v) is 2.76. The molecule has 0 aliphatic rings. The first kappa shape index (κ1) is 10.9. The lowest BCUT2D eigenvalue weighted by atomic mass is 10.4. The fourth-order valence-electron chi connectivity index (χ4n) is 1.28. The first-order chi connectivity index (χ1) is 7.75. The summed E-state index contributed by atoms with van der Waals surface area (Å²) in [6.07, 6.45) is 0. The zero-order chi connectivity index (χ0) is 11.4. The predicted octanol–water partition coefficient (Wildman–Crippen LogP) is 2.22. The molecule has 0 spiro atoms. The van der Waals surface area contributed by atoms with Crippen LogP contribution >= 0.6 is 11.3 Å². The lowest BCUT2D eigenvalue weighted by Gasteiger charge is -2.12. The summed E-state index contributed by atoms with van der Waals surface area (Å²) in [5.41, 5.74) is 2.88. The Labute approximate surface area is 99.0 Å². The van der Waals surface area contributed by atoms with Crippen LogP contribution in [0.25, 0.3) is 0 Å². The first-order valence-corrected chi connectivity index (χ1v) is 5.95. The van der Waals surface area contributed by atoms with Crippen LogP contribution in [0.2, 0.25) is 0 Å². The smallest absolute Gasteiger partial charge is 0.130 e. The van der Waals surface area contributed by atoms with Crippen LogP contribution in [0.3, 0.4) is 0 Å². The summed E-state index contributed by atoms with van der Waals surface area (Å²) >= 11 is 1.60. The molecule has 2 rings (SSSR count). The van der Waals surface area contributed by atoms with Gasteiger partial charge in [0.15, 0.2) is 0 Å². The van der Waals surface area contributed by atoms with Gasteiger partial charge in [-0.15, -0.1) is 11.3 Å². The number of anilines is 2. The minimum absolute atomic E-state index is 0.716. The molecule has 0 atom stereocenters. The molecule has 5 heteroatoms. The second-order valence-corrected chi connectivity index (χ2v) is 4.33. The van der Waals surface area contributed by atoms with E-state index in [1.54, 1.807) is 11.3 Å². The quantitative estimate of drug-likeness (QED) is 0.880. The van der Waals surface area contributed by atoms with Gasteiger partial charge < -0.3 is 10.2 Å². The van der Waals surface area contributed by atoms with E-state index < -0.39 is 0 Å². The van der Waals surface area contributed by atoms with E-state index >= 15 is 0 Å². The Hall–Kier alpha value is -1.62. The maximum absolute atomic E-state index is 4.46. The number of nitrogens with zero attached hydrogens (tertiary/aromatic N) is 3. The Morgan fingerprint density at radius 3 is 2.94 bits per heavy atom. The molecule has 0 aromatic carbocycles. The number of thiazole rings is 1. The fourth-order valence-corrected chi connectivity index (χ4v) is 1.84. The van der Waals surface area contributed by atoms with E-state index in [4.69, 9.17) is 0 Å². The largest absolute Gasteiger partial charge is 0.364 e. The predicted molar refractivity (Wildman–Crippen MR) is 68.0 cm³/mol. The minimum atomic E-state index is 0.716. The molecule has 0 unspecified atom stereocenters. The van der Waals surface area contributed by atoms with E-state index in [0.717, 1.165) is 17.3 Å². The summed E-state index contributed by atoms with van der Waals surface area (Å²) in [5, 5.41) is 5.28. The second-order valence-electron chi connectivity index (χ2n) is 3.61. The molecular formula is C11H14N4S. The monoisotopic (exact) mass is 234 g/mol. The molecule has 2 aromatic heterocycles. The molecule has 4 nitrogen and oxygen atoms in total. The number of pyridine rings is 1. The normalized spacial score (nSPS) is 10.1. The van der Waals surface area contributed by atoms with Gasteiger partial charge in [0.2, 0.25) is 0 Å². The Morgan fingerprint density at radius 2 is 2.25 bits per heavy atom. The number of aromatic nitrogens is 2. The lowest BCUT2D eigenvalue weighted by Crippen LogP contribution is -2.11. The molecule has 0 bridgehead atoms. The molecule has 1 N–H and O–H groups in total. The Bertz CT molecular complexity index is 439. The summed E-state index contributed by atoms with van der Waals surface area (Å²) in [7, 11) is 3.96. The van der Waals surface area contributed by atoms with Gasteiger partial charge in [-0.2, -0.15) is 0 Å². The van der Waals surface area contributed by atoms with Crippen LogP contribution < -0.4 is 10.2 Å². The number of rotatable bonds is 4. The summed E-state index contributed by atoms with van der Waals surface area (Å²) in [4.78, 5) is 10.6. The highest BCUT2D eigenvalue weighted by Crippen LogP contribution is 2.12. The molecule has 0 aliphatic heterocycles. The third kappa shape index (κ3) is 2.70. The summed E-state index contributed by atoms with van der Waals surface area (Å²) < 4.78 is 0. The average molecular weight is 234 g/mol. The van der Waals surface area contributed by atoms with Crippen molar-refractivity contribution >= 4 is 23.0 Å². The van der Waals surface area contributed by atoms with Crippen molar-refractivity contribution in [2.45, 2.75) is 6.54 Å². The van der Waals surface area contributed by atoms with E-state index in [1.165, 1.54) is 0 Å². The van der Waals surface area contributed by atoms with Crippen molar-refractivity contribution in [3.8, 4) is 0 Å². The molecule has 0 saturated carbocycles. The van der Waals surface area contributed by atoms with Gasteiger partial charge in [0.25, 0.3) is 0 Å². The van der Waals surface area contributed by atoms with Gasteiger partial charge >= 0.3 is 0 Å². The highest BCUT2D eigenvalue weighted by molar-refractivity contribution is 7.07. The van der Waals surface area contributed by atoms with Crippen molar-refractivity contribution in [2.75, 3.05) is 24.3 Å². The second kappa shape index (κ2) is 4.94. The molecule has 16 heavy (non-hydrogen) atoms. The number of hydrogen-bond acceptors (Lipinski definition) is 5. The van der Waals surface area contributed by atoms with Crippen molar-refractivity contribution in [1.29, 1.82) is 0 Å². The Morgan fingerprint density at radius 1 is 1.38 bits per heavy atom. The minimum Gasteiger partial charge on any atom is -0.364 e. The number of hydrogen-bond donors (Lipinski definition) is 1. The van der Waals surface area contributed by atoms with Gasteiger partial charge in [-0.1, -0.05) is 6.07 Å². The first-order valence-electron chi connectivity index (χ1n) is 5.01. The molecule has 0 amide bonds. The van der Waals surface area contributed by atoms with Crippen LogP contribution in [0.1, 0.15) is 5.69 Å². The SMILES string of the molecule is CN(C)c1cccc(NCc2cscn2)n1. The summed E-state index contributed by atoms with van der Waals surface area (Å²) in [5.74, 6) is 1.82. The maximum atomic E-state index is 4.46. The van der Waals surface area contributed by atoms with Crippen LogP contribution in [-0.2, 0) is 6.54 Å². The molecule has 0 aliphatic carbocycles. The number of nitrogens with one attached hydrogen (secondary N) is 1. The van der Waals surface area contributed by atoms with Crippen molar-refractivity contribution in [1.82, 2.24) is 9.97 Å². The molecule has 2 heterocycles. The van der Waals surface area contributed by atoms with Gasteiger partial charge in [-0.25, -0.2) is 9.97 Å². The lowest BCUT2D eigenvalue weighted by molar-refractivity contribution is 1.03. The van der Waals surface area contributed by atoms with Crippen molar-refractivity contribution in [3.63, 3.8) is 0 Å². The van der Waals surface area contributed by atoms with Gasteiger partial charge in [0, 0.05) is 19.5 Å². The molecular weight excluding hydrogens is 220 g/mol. The van der Waals surface area contributed by atoms with E-state index in [0.29, 0.717) is 6.54 Å². The zero-order valence-electron chi connectivity index (χ0n) is 9.34. The van der Waals surface area contributed by atoms with E-state index in [-0.39, 0.29) is 0 Å². The average Bonchev–Trinajstić information content (AvgIpc) is 2.79. The standard InChI is InChI=1S/C11H14N4S/c1-15(2)11-5-3-4-10(14-11)12-6-9-7-16-8-13-9/h3-5,7-8H,6H2,1-2H3,(H,12,14). The van der Waals surface area contributed by atoms with E-state index in [2.05, 4.69) is 15.3 Å². The topological polar surface area (TPSA) is 41.0 Å². The van der Waals surface area contributed by atoms with Gasteiger partial charge in [-0.3, -0.25) is 0 Å². The van der Waals surface area contributed by atoms with Crippen LogP contribution in [0, 0.1) is 0 Å². The van der Waals surface area contributed by atoms with Crippen molar-refractivity contribution in [3.05, 3.63) is 34.8 Å². The Kier molecular flexibility index (Phi) is 3.36. The summed E-state index contributed by atoms with van der Waals surface area (Å²) in [6, 6.07) is 5.93. The van der Waals surface area contributed by atoms with Crippen LogP contribution in [-0.4, -0.2) is 24.1 Å². The van der Waals surface area contributed by atoms with Gasteiger partial charge in [-0.05, 0) is 12.1 Å². The molecule has 0 saturated heterocycles. The summed E-state index contributed by atoms with van der Waals surface area (Å²) in [6.45, 7) is 0.716. The van der Waals surface area contributed by atoms with Crippen LogP contribution in [0.5, 0.6) is 0 Å². The van der Waals surface area contributed by atoms with Crippen molar-refractivity contribution in [2.24, 2.45) is 0 Å².